The molecule has 67 heavy (non-hydrogen) atoms. The van der Waals surface area contributed by atoms with Gasteiger partial charge in [0.25, 0.3) is 0 Å². The minimum atomic E-state index is -1.87. The van der Waals surface area contributed by atoms with Crippen LogP contribution >= 0.6 is 0 Å². The van der Waals surface area contributed by atoms with Gasteiger partial charge in [0, 0.05) is 6.42 Å². The molecule has 0 aromatic heterocycles. The molecule has 346 valence electrons. The lowest BCUT2D eigenvalue weighted by molar-refractivity contribution is -0.311. The zero-order valence-corrected chi connectivity index (χ0v) is 36.6. The first-order valence-electron chi connectivity index (χ1n) is 22.2. The summed E-state index contributed by atoms with van der Waals surface area (Å²) in [7, 11) is 0. The first kappa shape index (κ1) is 47.0. The lowest BCUT2D eigenvalue weighted by atomic mass is 9.97. The Labute approximate surface area is 389 Å². The largest absolute Gasteiger partial charge is 0.452 e. The average Bonchev–Trinajstić information content (AvgIpc) is 3.38. The summed E-state index contributed by atoms with van der Waals surface area (Å²) in [6, 6.07) is 53.8. The Morgan fingerprint density at radius 3 is 1.33 bits per heavy atom. The molecule has 9 atom stereocenters. The monoisotopic (exact) mass is 908 g/mol. The van der Waals surface area contributed by atoms with Crippen LogP contribution in [0, 0.1) is 0 Å². The molecule has 2 fully saturated rings. The summed E-state index contributed by atoms with van der Waals surface area (Å²) in [6.07, 6.45) is -10.5. The van der Waals surface area contributed by atoms with Crippen molar-refractivity contribution in [1.29, 1.82) is 0 Å². The second-order valence-corrected chi connectivity index (χ2v) is 16.0. The van der Waals surface area contributed by atoms with Gasteiger partial charge in [0.1, 0.15) is 18.3 Å². The van der Waals surface area contributed by atoms with E-state index in [0.717, 1.165) is 16.7 Å². The highest BCUT2D eigenvalue weighted by Crippen LogP contribution is 2.33. The third-order valence-corrected chi connectivity index (χ3v) is 11.3. The lowest BCUT2D eigenvalue weighted by Crippen LogP contribution is -2.62. The van der Waals surface area contributed by atoms with E-state index in [2.05, 4.69) is 0 Å². The molecule has 0 unspecified atom stereocenters. The number of rotatable bonds is 19. The van der Waals surface area contributed by atoms with E-state index in [1.165, 1.54) is 12.1 Å². The number of aliphatic hydroxyl groups excluding tert-OH is 1. The van der Waals surface area contributed by atoms with Crippen LogP contribution in [0.15, 0.2) is 182 Å². The quantitative estimate of drug-likeness (QED) is 0.0619. The number of carbonyl (C=O) groups excluding carboxylic acids is 3. The Kier molecular flexibility index (Phi) is 16.7. The van der Waals surface area contributed by atoms with Gasteiger partial charge in [-0.15, -0.1) is 0 Å². The summed E-state index contributed by atoms with van der Waals surface area (Å²) in [5.41, 5.74) is 3.41. The summed E-state index contributed by atoms with van der Waals surface area (Å²) in [5.74, 6) is -2.45. The average molecular weight is 909 g/mol. The SMILES string of the molecule is O=C(O[C@@H]1[C@H](OC(=O)c2ccccc2)[C@@H](O)O[C@H](CO[C@@H]2C[C@@H](OCc3ccccc3)[C@H](OCc3ccccc3)[C@@H](COCc3ccccc3)O2)[C@H]1OC(=O)c1ccccc1)c1ccccc1. The van der Waals surface area contributed by atoms with Crippen molar-refractivity contribution in [3.63, 3.8) is 0 Å². The first-order valence-corrected chi connectivity index (χ1v) is 22.2. The van der Waals surface area contributed by atoms with E-state index in [0.29, 0.717) is 6.61 Å². The molecule has 0 aliphatic carbocycles. The van der Waals surface area contributed by atoms with E-state index in [-0.39, 0.29) is 49.5 Å². The van der Waals surface area contributed by atoms with Crippen molar-refractivity contribution in [1.82, 2.24) is 0 Å². The third-order valence-electron chi connectivity index (χ3n) is 11.3. The van der Waals surface area contributed by atoms with E-state index in [1.54, 1.807) is 78.9 Å². The van der Waals surface area contributed by atoms with E-state index in [9.17, 15) is 19.5 Å². The Morgan fingerprint density at radius 1 is 0.433 bits per heavy atom. The number of esters is 3. The zero-order chi connectivity index (χ0) is 46.2. The summed E-state index contributed by atoms with van der Waals surface area (Å²) in [5, 5.41) is 11.7. The Morgan fingerprint density at radius 2 is 0.836 bits per heavy atom. The molecular formula is C54H52O13. The van der Waals surface area contributed by atoms with Gasteiger partial charge in [0.05, 0.1) is 55.8 Å². The predicted molar refractivity (Wildman–Crippen MR) is 243 cm³/mol. The normalized spacial score (nSPS) is 23.7. The lowest BCUT2D eigenvalue weighted by Gasteiger charge is -2.44. The van der Waals surface area contributed by atoms with Crippen LogP contribution in [0.2, 0.25) is 0 Å². The van der Waals surface area contributed by atoms with Gasteiger partial charge in [0.2, 0.25) is 0 Å². The molecule has 2 aliphatic heterocycles. The van der Waals surface area contributed by atoms with Crippen molar-refractivity contribution < 1.29 is 62.1 Å². The maximum absolute atomic E-state index is 13.9. The fourth-order valence-electron chi connectivity index (χ4n) is 7.85. The molecule has 0 spiro atoms. The van der Waals surface area contributed by atoms with Crippen molar-refractivity contribution in [3.05, 3.63) is 215 Å². The van der Waals surface area contributed by atoms with Gasteiger partial charge in [-0.3, -0.25) is 0 Å². The molecule has 6 aromatic carbocycles. The summed E-state index contributed by atoms with van der Waals surface area (Å²) in [6.45, 7) is 0.623. The molecule has 8 rings (SSSR count). The van der Waals surface area contributed by atoms with E-state index >= 15 is 0 Å². The van der Waals surface area contributed by atoms with Gasteiger partial charge in [-0.1, -0.05) is 146 Å². The Balaban J connectivity index is 1.07. The Hall–Kier alpha value is -6.55. The van der Waals surface area contributed by atoms with Crippen LogP contribution < -0.4 is 0 Å². The van der Waals surface area contributed by atoms with Gasteiger partial charge in [0.15, 0.2) is 30.9 Å². The second kappa shape index (κ2) is 23.8. The Bertz CT molecular complexity index is 2430. The molecule has 0 saturated carbocycles. The van der Waals surface area contributed by atoms with E-state index in [4.69, 9.17) is 42.6 Å². The minimum Gasteiger partial charge on any atom is -0.452 e. The molecule has 6 aromatic rings. The van der Waals surface area contributed by atoms with Gasteiger partial charge in [-0.05, 0) is 53.1 Å². The first-order chi connectivity index (χ1) is 32.9. The minimum absolute atomic E-state index is 0.112. The number of benzene rings is 6. The molecule has 2 saturated heterocycles. The van der Waals surface area contributed by atoms with Gasteiger partial charge < -0.3 is 47.7 Å². The smallest absolute Gasteiger partial charge is 0.338 e. The number of carbonyl (C=O) groups is 3. The highest BCUT2D eigenvalue weighted by atomic mass is 16.7. The van der Waals surface area contributed by atoms with Crippen molar-refractivity contribution in [2.75, 3.05) is 13.2 Å². The number of ether oxygens (including phenoxy) is 9. The third kappa shape index (κ3) is 13.1. The number of aliphatic hydroxyl groups is 1. The fraction of sp³-hybridized carbons (Fsp3) is 0.278. The molecule has 0 bridgehead atoms. The van der Waals surface area contributed by atoms with Crippen molar-refractivity contribution >= 4 is 17.9 Å². The van der Waals surface area contributed by atoms with Crippen LogP contribution in [-0.4, -0.2) is 91.5 Å². The van der Waals surface area contributed by atoms with Crippen LogP contribution in [0.25, 0.3) is 0 Å². The molecule has 13 nitrogen and oxygen atoms in total. The van der Waals surface area contributed by atoms with Crippen LogP contribution in [-0.2, 0) is 62.5 Å². The van der Waals surface area contributed by atoms with Gasteiger partial charge in [-0.25, -0.2) is 14.4 Å². The standard InChI is InChI=1S/C54H52O13/c55-51(40-25-13-4-14-26-40)65-48-45(64-54(58)50(67-53(57)42-29-17-6-18-30-42)49(48)66-52(56)41-27-15-5-16-28-41)36-61-46-31-43(60-33-38-21-9-2-10-22-38)47(62-34-39-23-11-3-12-24-39)44(63-46)35-59-32-37-19-7-1-8-20-37/h1-30,43-50,54,58H,31-36H2/t43-,44-,45-,46+,47+,48-,49+,50+,54+/m1/s1. The topological polar surface area (TPSA) is 155 Å². The van der Waals surface area contributed by atoms with Crippen molar-refractivity contribution in [3.8, 4) is 0 Å². The fourth-order valence-corrected chi connectivity index (χ4v) is 7.85. The highest BCUT2D eigenvalue weighted by Gasteiger charge is 2.53. The molecule has 2 aliphatic rings. The van der Waals surface area contributed by atoms with Crippen LogP contribution in [0.3, 0.4) is 0 Å². The molecule has 2 heterocycles. The maximum Gasteiger partial charge on any atom is 0.338 e. The van der Waals surface area contributed by atoms with Crippen molar-refractivity contribution in [2.45, 2.75) is 81.5 Å². The molecule has 0 amide bonds. The van der Waals surface area contributed by atoms with Crippen LogP contribution in [0.1, 0.15) is 54.2 Å². The van der Waals surface area contributed by atoms with Crippen molar-refractivity contribution in [2.24, 2.45) is 0 Å². The van der Waals surface area contributed by atoms with E-state index < -0.39 is 73.2 Å². The van der Waals surface area contributed by atoms with Gasteiger partial charge in [-0.2, -0.15) is 0 Å². The molecule has 1 N–H and O–H groups in total. The highest BCUT2D eigenvalue weighted by molar-refractivity contribution is 5.91. The van der Waals surface area contributed by atoms with Crippen LogP contribution in [0.4, 0.5) is 0 Å². The molecule has 13 heteroatoms. The summed E-state index contributed by atoms with van der Waals surface area (Å²) in [4.78, 5) is 41.2. The number of hydrogen-bond donors (Lipinski definition) is 1. The van der Waals surface area contributed by atoms with Gasteiger partial charge >= 0.3 is 17.9 Å². The molecular weight excluding hydrogens is 857 g/mol. The predicted octanol–water partition coefficient (Wildman–Crippen LogP) is 7.90. The summed E-state index contributed by atoms with van der Waals surface area (Å²) < 4.78 is 56.8. The zero-order valence-electron chi connectivity index (χ0n) is 36.6. The number of hydrogen-bond acceptors (Lipinski definition) is 13. The second-order valence-electron chi connectivity index (χ2n) is 16.0. The summed E-state index contributed by atoms with van der Waals surface area (Å²) >= 11 is 0. The van der Waals surface area contributed by atoms with E-state index in [1.807, 2.05) is 91.0 Å². The molecule has 0 radical (unpaired) electrons. The van der Waals surface area contributed by atoms with Crippen LogP contribution in [0.5, 0.6) is 0 Å². The maximum atomic E-state index is 13.9.